The molecule has 1 N–H and O–H groups in total. The molecule has 3 rings (SSSR count). The minimum atomic E-state index is -0.302. The van der Waals surface area contributed by atoms with Crippen LogP contribution in [0.4, 0.5) is 4.39 Å². The van der Waals surface area contributed by atoms with Gasteiger partial charge in [-0.05, 0) is 102 Å². The van der Waals surface area contributed by atoms with Crippen LogP contribution in [0.1, 0.15) is 68.6 Å². The van der Waals surface area contributed by atoms with Gasteiger partial charge in [0, 0.05) is 30.6 Å². The third-order valence-corrected chi connectivity index (χ3v) is 6.83. The van der Waals surface area contributed by atoms with Crippen LogP contribution < -0.4 is 5.32 Å². The Bertz CT molecular complexity index is 693. The van der Waals surface area contributed by atoms with Gasteiger partial charge in [-0.1, -0.05) is 0 Å². The summed E-state index contributed by atoms with van der Waals surface area (Å²) in [4.78, 5) is 27.0. The molecule has 31 heavy (non-hydrogen) atoms. The summed E-state index contributed by atoms with van der Waals surface area (Å²) in [5, 5.41) is 3.15. The molecule has 1 aliphatic heterocycles. The summed E-state index contributed by atoms with van der Waals surface area (Å²) in [6, 6.07) is 6.25. The number of halogens is 1. The smallest absolute Gasteiger partial charge is 0.222 e. The molecule has 0 unspecified atom stereocenters. The molecular weight excluding hydrogens is 395 g/mol. The Morgan fingerprint density at radius 3 is 2.39 bits per heavy atom. The number of ketones is 1. The molecule has 1 aromatic rings. The van der Waals surface area contributed by atoms with Crippen molar-refractivity contribution >= 4 is 11.7 Å². The zero-order chi connectivity index (χ0) is 22.1. The van der Waals surface area contributed by atoms with Crippen LogP contribution >= 0.6 is 0 Å². The summed E-state index contributed by atoms with van der Waals surface area (Å²) in [5.74, 6) is 0.749. The number of carbonyl (C=O) groups excluding carboxylic acids is 2. The number of likely N-dealkylation sites (tertiary alicyclic amines) is 1. The zero-order valence-corrected chi connectivity index (χ0v) is 18.8. The summed E-state index contributed by atoms with van der Waals surface area (Å²) in [6.45, 7) is 6.11. The van der Waals surface area contributed by atoms with Gasteiger partial charge < -0.3 is 15.0 Å². The van der Waals surface area contributed by atoms with E-state index < -0.39 is 0 Å². The number of nitrogens with zero attached hydrogens (tertiary/aromatic N) is 1. The highest BCUT2D eigenvalue weighted by atomic mass is 19.1. The van der Waals surface area contributed by atoms with Crippen molar-refractivity contribution in [2.45, 2.75) is 64.3 Å². The molecule has 6 heteroatoms. The van der Waals surface area contributed by atoms with Gasteiger partial charge in [0.25, 0.3) is 0 Å². The standard InChI is InChI=1S/C25H37FN2O3/c1-2-31-18-14-24(29)27-23-9-3-19(4-10-23)11-15-28-16-12-21(13-17-28)25(30)20-5-7-22(26)8-6-20/h5-8,19,21,23H,2-4,9-18H2,1H3,(H,27,29). The number of rotatable bonds is 10. The summed E-state index contributed by atoms with van der Waals surface area (Å²) in [7, 11) is 0. The highest BCUT2D eigenvalue weighted by Crippen LogP contribution is 2.28. The second kappa shape index (κ2) is 12.3. The fourth-order valence-corrected chi connectivity index (χ4v) is 4.84. The molecular formula is C25H37FN2O3. The molecule has 0 atom stereocenters. The summed E-state index contributed by atoms with van der Waals surface area (Å²) in [6.07, 6.45) is 7.91. The van der Waals surface area contributed by atoms with Gasteiger partial charge in [-0.25, -0.2) is 4.39 Å². The highest BCUT2D eigenvalue weighted by molar-refractivity contribution is 5.97. The number of piperidine rings is 1. The Kier molecular flexibility index (Phi) is 9.47. The fourth-order valence-electron chi connectivity index (χ4n) is 4.84. The summed E-state index contributed by atoms with van der Waals surface area (Å²) in [5.41, 5.74) is 0.626. The molecule has 5 nitrogen and oxygen atoms in total. The molecule has 1 aliphatic carbocycles. The van der Waals surface area contributed by atoms with Crippen molar-refractivity contribution in [1.29, 1.82) is 0 Å². The van der Waals surface area contributed by atoms with Gasteiger partial charge in [-0.15, -0.1) is 0 Å². The number of amides is 1. The second-order valence-electron chi connectivity index (χ2n) is 9.01. The van der Waals surface area contributed by atoms with E-state index in [9.17, 15) is 14.0 Å². The van der Waals surface area contributed by atoms with Crippen LogP contribution in [0.2, 0.25) is 0 Å². The second-order valence-corrected chi connectivity index (χ2v) is 9.01. The van der Waals surface area contributed by atoms with E-state index in [-0.39, 0.29) is 23.4 Å². The molecule has 1 saturated heterocycles. The van der Waals surface area contributed by atoms with Crippen molar-refractivity contribution in [2.75, 3.05) is 32.8 Å². The SMILES string of the molecule is CCOCCC(=O)NC1CCC(CCN2CCC(C(=O)c3ccc(F)cc3)CC2)CC1. The lowest BCUT2D eigenvalue weighted by Gasteiger charge is -2.34. The van der Waals surface area contributed by atoms with Crippen molar-refractivity contribution in [1.82, 2.24) is 10.2 Å². The molecule has 1 aromatic carbocycles. The zero-order valence-electron chi connectivity index (χ0n) is 18.8. The quantitative estimate of drug-likeness (QED) is 0.444. The molecule has 0 aromatic heterocycles. The summed E-state index contributed by atoms with van der Waals surface area (Å²) >= 11 is 0. The number of benzene rings is 1. The third-order valence-electron chi connectivity index (χ3n) is 6.83. The maximum atomic E-state index is 13.1. The molecule has 1 heterocycles. The number of carbonyl (C=O) groups is 2. The Balaban J connectivity index is 1.29. The Labute approximate surface area is 185 Å². The van der Waals surface area contributed by atoms with Gasteiger partial charge in [0.1, 0.15) is 5.82 Å². The van der Waals surface area contributed by atoms with Crippen LogP contribution in [0.25, 0.3) is 0 Å². The minimum Gasteiger partial charge on any atom is -0.381 e. The molecule has 0 spiro atoms. The van der Waals surface area contributed by atoms with Crippen LogP contribution in [0.5, 0.6) is 0 Å². The number of hydrogen-bond acceptors (Lipinski definition) is 4. The van der Waals surface area contributed by atoms with Crippen molar-refractivity contribution in [3.63, 3.8) is 0 Å². The lowest BCUT2D eigenvalue weighted by atomic mass is 9.83. The third kappa shape index (κ3) is 7.69. The first-order chi connectivity index (χ1) is 15.0. The first-order valence-corrected chi connectivity index (χ1v) is 11.9. The maximum absolute atomic E-state index is 13.1. The molecule has 0 radical (unpaired) electrons. The van der Waals surface area contributed by atoms with Gasteiger partial charge in [0.05, 0.1) is 6.61 Å². The van der Waals surface area contributed by atoms with Gasteiger partial charge in [0.2, 0.25) is 5.91 Å². The number of ether oxygens (including phenoxy) is 1. The predicted molar refractivity (Wildman–Crippen MR) is 120 cm³/mol. The largest absolute Gasteiger partial charge is 0.381 e. The van der Waals surface area contributed by atoms with E-state index in [4.69, 9.17) is 4.74 Å². The minimum absolute atomic E-state index is 0.0588. The van der Waals surface area contributed by atoms with E-state index in [1.165, 1.54) is 31.4 Å². The van der Waals surface area contributed by atoms with Crippen LogP contribution in [0.15, 0.2) is 24.3 Å². The van der Waals surface area contributed by atoms with Crippen LogP contribution in [0, 0.1) is 17.7 Å². The molecule has 2 aliphatic rings. The first kappa shape index (κ1) is 23.9. The Hall–Kier alpha value is -1.79. The average molecular weight is 433 g/mol. The van der Waals surface area contributed by atoms with Gasteiger partial charge in [-0.3, -0.25) is 9.59 Å². The number of nitrogens with one attached hydrogen (secondary N) is 1. The molecule has 1 saturated carbocycles. The monoisotopic (exact) mass is 432 g/mol. The van der Waals surface area contributed by atoms with Crippen molar-refractivity contribution in [3.05, 3.63) is 35.6 Å². The van der Waals surface area contributed by atoms with Crippen molar-refractivity contribution in [3.8, 4) is 0 Å². The number of hydrogen-bond donors (Lipinski definition) is 1. The van der Waals surface area contributed by atoms with Crippen molar-refractivity contribution in [2.24, 2.45) is 11.8 Å². The predicted octanol–water partition coefficient (Wildman–Crippen LogP) is 4.21. The molecule has 1 amide bonds. The van der Waals surface area contributed by atoms with Crippen LogP contribution in [-0.4, -0.2) is 55.5 Å². The van der Waals surface area contributed by atoms with Crippen molar-refractivity contribution < 1.29 is 18.7 Å². The Morgan fingerprint density at radius 2 is 1.74 bits per heavy atom. The topological polar surface area (TPSA) is 58.6 Å². The fraction of sp³-hybridized carbons (Fsp3) is 0.680. The normalized spacial score (nSPS) is 22.9. The van der Waals surface area contributed by atoms with E-state index >= 15 is 0 Å². The van der Waals surface area contributed by atoms with E-state index in [2.05, 4.69) is 10.2 Å². The van der Waals surface area contributed by atoms with Gasteiger partial charge >= 0.3 is 0 Å². The first-order valence-electron chi connectivity index (χ1n) is 11.9. The summed E-state index contributed by atoms with van der Waals surface area (Å²) < 4.78 is 18.3. The highest BCUT2D eigenvalue weighted by Gasteiger charge is 2.27. The van der Waals surface area contributed by atoms with Crippen LogP contribution in [-0.2, 0) is 9.53 Å². The number of Topliss-reactive ketones (excluding diaryl/α,β-unsaturated/α-hetero) is 1. The lowest BCUT2D eigenvalue weighted by molar-refractivity contribution is -0.123. The van der Waals surface area contributed by atoms with E-state index in [1.807, 2.05) is 6.92 Å². The lowest BCUT2D eigenvalue weighted by Crippen LogP contribution is -2.39. The van der Waals surface area contributed by atoms with Gasteiger partial charge in [-0.2, -0.15) is 0 Å². The van der Waals surface area contributed by atoms with Gasteiger partial charge in [0.15, 0.2) is 5.78 Å². The van der Waals surface area contributed by atoms with E-state index in [1.54, 1.807) is 12.1 Å². The Morgan fingerprint density at radius 1 is 1.06 bits per heavy atom. The van der Waals surface area contributed by atoms with Crippen LogP contribution in [0.3, 0.4) is 0 Å². The van der Waals surface area contributed by atoms with E-state index in [0.29, 0.717) is 31.2 Å². The molecule has 0 bridgehead atoms. The maximum Gasteiger partial charge on any atom is 0.222 e. The average Bonchev–Trinajstić information content (AvgIpc) is 2.79. The van der Waals surface area contributed by atoms with E-state index in [0.717, 1.165) is 51.2 Å². The molecule has 2 fully saturated rings. The molecule has 172 valence electrons.